The average Bonchev–Trinajstić information content (AvgIpc) is 2.67. The summed E-state index contributed by atoms with van der Waals surface area (Å²) in [7, 11) is 2.36. The van der Waals surface area contributed by atoms with Gasteiger partial charge >= 0.3 is 0 Å². The third kappa shape index (κ3) is 3.33. The molecule has 0 amide bonds. The van der Waals surface area contributed by atoms with Crippen LogP contribution in [0.15, 0.2) is 18.5 Å². The highest BCUT2D eigenvalue weighted by Gasteiger charge is 1.97. The predicted octanol–water partition coefficient (Wildman–Crippen LogP) is 1.73. The number of nitrogens with one attached hydrogen (secondary N) is 1. The topological polar surface area (TPSA) is 28.7 Å². The van der Waals surface area contributed by atoms with Crippen molar-refractivity contribution in [3.05, 3.63) is 18.5 Å². The zero-order valence-electron chi connectivity index (χ0n) is 6.09. The van der Waals surface area contributed by atoms with Gasteiger partial charge in [0.2, 0.25) is 0 Å². The molecular formula is C7H12BN2. The summed E-state index contributed by atoms with van der Waals surface area (Å²) in [4.78, 5) is 0. The molecule has 0 saturated carbocycles. The normalized spacial score (nSPS) is 15.2. The van der Waals surface area contributed by atoms with Crippen LogP contribution in [-0.4, -0.2) is 17.5 Å². The van der Waals surface area contributed by atoms with Gasteiger partial charge in [-0.25, -0.2) is 0 Å². The molecule has 1 aliphatic rings. The van der Waals surface area contributed by atoms with Gasteiger partial charge in [0.1, 0.15) is 7.28 Å². The number of nitrogens with zero attached hydrogens (tertiary/aromatic N) is 1. The van der Waals surface area contributed by atoms with Gasteiger partial charge in [-0.15, -0.1) is 0 Å². The summed E-state index contributed by atoms with van der Waals surface area (Å²) in [5, 5.41) is 6.21. The Morgan fingerprint density at radius 2 is 2.10 bits per heavy atom. The lowest BCUT2D eigenvalue weighted by atomic mass is 9.77. The lowest BCUT2D eigenvalue weighted by Gasteiger charge is -1.68. The van der Waals surface area contributed by atoms with Crippen molar-refractivity contribution in [3.63, 3.8) is 0 Å². The maximum Gasteiger partial charge on any atom is 0.109 e. The average molecular weight is 135 g/mol. The Morgan fingerprint density at radius 1 is 1.30 bits per heavy atom. The molecule has 1 saturated heterocycles. The molecule has 10 heavy (non-hydrogen) atoms. The Kier molecular flexibility index (Phi) is 3.76. The first-order chi connectivity index (χ1) is 5.00. The van der Waals surface area contributed by atoms with Crippen LogP contribution >= 0.6 is 0 Å². The fourth-order valence-electron chi connectivity index (χ4n) is 0.937. The zero-order valence-corrected chi connectivity index (χ0v) is 6.09. The van der Waals surface area contributed by atoms with Crippen molar-refractivity contribution in [2.24, 2.45) is 0 Å². The van der Waals surface area contributed by atoms with Crippen LogP contribution in [-0.2, 0) is 0 Å². The van der Waals surface area contributed by atoms with Crippen molar-refractivity contribution in [2.45, 2.75) is 25.5 Å². The summed E-state index contributed by atoms with van der Waals surface area (Å²) in [6.45, 7) is 0. The third-order valence-electron chi connectivity index (χ3n) is 1.47. The van der Waals surface area contributed by atoms with Gasteiger partial charge in [0, 0.05) is 12.4 Å². The molecule has 1 aromatic rings. The molecule has 2 rings (SSSR count). The molecule has 2 nitrogen and oxygen atoms in total. The number of hydrogen-bond acceptors (Lipinski definition) is 1. The van der Waals surface area contributed by atoms with Crippen molar-refractivity contribution in [2.75, 3.05) is 0 Å². The van der Waals surface area contributed by atoms with E-state index in [9.17, 15) is 0 Å². The van der Waals surface area contributed by atoms with Crippen molar-refractivity contribution in [3.8, 4) is 0 Å². The van der Waals surface area contributed by atoms with Crippen LogP contribution in [0.2, 0.25) is 12.6 Å². The molecule has 3 heteroatoms. The Labute approximate surface area is 62.3 Å². The Balaban J connectivity index is 0.0000001000. The Hall–Kier alpha value is -0.725. The van der Waals surface area contributed by atoms with Gasteiger partial charge in [0.05, 0.1) is 0 Å². The first-order valence-corrected chi connectivity index (χ1v) is 3.75. The minimum atomic E-state index is 1.38. The predicted molar refractivity (Wildman–Crippen MR) is 43.2 cm³/mol. The number of aromatic nitrogens is 2. The van der Waals surface area contributed by atoms with Gasteiger partial charge in [-0.3, -0.25) is 5.10 Å². The molecule has 1 N–H and O–H groups in total. The standard InChI is InChI=1S/C4H8B.C3H4N2/c2*1-2-4-5-3-1/h1-4H2;1-3H,(H,4,5). The largest absolute Gasteiger partial charge is 0.286 e. The fourth-order valence-corrected chi connectivity index (χ4v) is 0.937. The number of aromatic amines is 1. The van der Waals surface area contributed by atoms with Crippen LogP contribution in [0.1, 0.15) is 12.8 Å². The van der Waals surface area contributed by atoms with Crippen molar-refractivity contribution in [1.29, 1.82) is 0 Å². The highest BCUT2D eigenvalue weighted by Crippen LogP contribution is 2.09. The van der Waals surface area contributed by atoms with Gasteiger partial charge in [-0.2, -0.15) is 5.10 Å². The van der Waals surface area contributed by atoms with E-state index in [-0.39, 0.29) is 0 Å². The van der Waals surface area contributed by atoms with E-state index in [2.05, 4.69) is 17.5 Å². The lowest BCUT2D eigenvalue weighted by Crippen LogP contribution is -1.68. The van der Waals surface area contributed by atoms with Gasteiger partial charge in [-0.1, -0.05) is 25.5 Å². The number of H-pyrrole nitrogens is 1. The van der Waals surface area contributed by atoms with Crippen LogP contribution in [0.4, 0.5) is 0 Å². The van der Waals surface area contributed by atoms with E-state index >= 15 is 0 Å². The van der Waals surface area contributed by atoms with Crippen LogP contribution in [0.5, 0.6) is 0 Å². The van der Waals surface area contributed by atoms with E-state index in [1.54, 1.807) is 12.4 Å². The summed E-state index contributed by atoms with van der Waals surface area (Å²) in [6.07, 6.45) is 9.10. The molecule has 1 radical (unpaired) electrons. The lowest BCUT2D eigenvalue weighted by molar-refractivity contribution is 0.935. The monoisotopic (exact) mass is 135 g/mol. The molecule has 0 aromatic carbocycles. The molecule has 2 heterocycles. The first-order valence-electron chi connectivity index (χ1n) is 3.75. The Bertz CT molecular complexity index is 110. The molecule has 0 aliphatic carbocycles. The van der Waals surface area contributed by atoms with Gasteiger partial charge in [-0.05, 0) is 6.07 Å². The maximum atomic E-state index is 3.60. The molecule has 0 atom stereocenters. The second-order valence-corrected chi connectivity index (χ2v) is 2.34. The maximum absolute atomic E-state index is 3.60. The SMILES string of the molecule is [B]1CCCC1.c1cn[nH]c1. The van der Waals surface area contributed by atoms with Crippen LogP contribution in [0, 0.1) is 0 Å². The van der Waals surface area contributed by atoms with E-state index < -0.39 is 0 Å². The van der Waals surface area contributed by atoms with E-state index in [0.29, 0.717) is 0 Å². The molecular weight excluding hydrogens is 123 g/mol. The first kappa shape index (κ1) is 7.38. The molecule has 0 bridgehead atoms. The highest BCUT2D eigenvalue weighted by atomic mass is 15.1. The summed E-state index contributed by atoms with van der Waals surface area (Å²) in [5.41, 5.74) is 0. The van der Waals surface area contributed by atoms with E-state index in [1.807, 2.05) is 6.07 Å². The highest BCUT2D eigenvalue weighted by molar-refractivity contribution is 6.36. The van der Waals surface area contributed by atoms with E-state index in [1.165, 1.54) is 25.5 Å². The van der Waals surface area contributed by atoms with Gasteiger partial charge in [0.25, 0.3) is 0 Å². The molecule has 1 aliphatic heterocycles. The van der Waals surface area contributed by atoms with Crippen LogP contribution < -0.4 is 0 Å². The molecule has 0 unspecified atom stereocenters. The quantitative estimate of drug-likeness (QED) is 0.539. The number of hydrogen-bond donors (Lipinski definition) is 1. The summed E-state index contributed by atoms with van der Waals surface area (Å²) in [6, 6.07) is 1.83. The molecule has 53 valence electrons. The molecule has 0 spiro atoms. The van der Waals surface area contributed by atoms with Gasteiger partial charge < -0.3 is 0 Å². The Morgan fingerprint density at radius 3 is 2.30 bits per heavy atom. The van der Waals surface area contributed by atoms with Gasteiger partial charge in [0.15, 0.2) is 0 Å². The number of rotatable bonds is 0. The summed E-state index contributed by atoms with van der Waals surface area (Å²) in [5.74, 6) is 0. The van der Waals surface area contributed by atoms with Crippen molar-refractivity contribution in [1.82, 2.24) is 10.2 Å². The van der Waals surface area contributed by atoms with Crippen LogP contribution in [0.3, 0.4) is 0 Å². The molecule has 1 aromatic heterocycles. The van der Waals surface area contributed by atoms with E-state index in [0.717, 1.165) is 0 Å². The minimum absolute atomic E-state index is 1.38. The summed E-state index contributed by atoms with van der Waals surface area (Å²) < 4.78 is 0. The van der Waals surface area contributed by atoms with Crippen molar-refractivity contribution < 1.29 is 0 Å². The molecule has 1 fully saturated rings. The smallest absolute Gasteiger partial charge is 0.109 e. The second kappa shape index (κ2) is 5.09. The summed E-state index contributed by atoms with van der Waals surface area (Å²) >= 11 is 0. The fraction of sp³-hybridized carbons (Fsp3) is 0.571. The zero-order chi connectivity index (χ0) is 7.07. The van der Waals surface area contributed by atoms with E-state index in [4.69, 9.17) is 0 Å². The third-order valence-corrected chi connectivity index (χ3v) is 1.47. The van der Waals surface area contributed by atoms with Crippen LogP contribution in [0.25, 0.3) is 0 Å². The van der Waals surface area contributed by atoms with Crippen molar-refractivity contribution >= 4 is 7.28 Å². The second-order valence-electron chi connectivity index (χ2n) is 2.34. The minimum Gasteiger partial charge on any atom is -0.286 e.